The summed E-state index contributed by atoms with van der Waals surface area (Å²) >= 11 is 0. The van der Waals surface area contributed by atoms with Gasteiger partial charge in [-0.1, -0.05) is 0 Å². The van der Waals surface area contributed by atoms with Gasteiger partial charge in [-0.15, -0.1) is 0 Å². The average Bonchev–Trinajstić information content (AvgIpc) is 3.44. The van der Waals surface area contributed by atoms with Gasteiger partial charge in [-0.3, -0.25) is 9.19 Å². The molecule has 0 radical (unpaired) electrons. The van der Waals surface area contributed by atoms with E-state index in [2.05, 4.69) is 15.0 Å². The van der Waals surface area contributed by atoms with Gasteiger partial charge in [0, 0.05) is 33.9 Å². The summed E-state index contributed by atoms with van der Waals surface area (Å²) in [6.45, 7) is -3.03. The van der Waals surface area contributed by atoms with Crippen molar-refractivity contribution in [2.24, 2.45) is 0 Å². The van der Waals surface area contributed by atoms with Gasteiger partial charge in [0.25, 0.3) is 0 Å². The van der Waals surface area contributed by atoms with Crippen LogP contribution >= 0.6 is 0 Å². The molecule has 0 aliphatic carbocycles. The lowest BCUT2D eigenvalue weighted by Crippen LogP contribution is -2.03. The Bertz CT molecular complexity index is 1530. The highest BCUT2D eigenvalue weighted by atomic mass is 32.2. The molecule has 0 amide bonds. The number of fused-ring (bicyclic) bond motifs is 1. The fourth-order valence-electron chi connectivity index (χ4n) is 2.29. The topological polar surface area (TPSA) is 72.8 Å². The minimum absolute atomic E-state index is 0.0335. The predicted octanol–water partition coefficient (Wildman–Crippen LogP) is 3.37. The van der Waals surface area contributed by atoms with Crippen LogP contribution in [-0.2, 0) is 16.6 Å². The number of imidazole rings is 1. The van der Waals surface area contributed by atoms with Gasteiger partial charge in [0.05, 0.1) is 51.3 Å². The van der Waals surface area contributed by atoms with Crippen LogP contribution < -0.4 is 4.74 Å². The molecule has 6 nitrogen and oxygen atoms in total. The van der Waals surface area contributed by atoms with E-state index in [0.29, 0.717) is 0 Å². The normalized spacial score (nSPS) is 19.5. The first kappa shape index (κ1) is 8.18. The molecule has 1 atom stereocenters. The highest BCUT2D eigenvalue weighted by molar-refractivity contribution is 7.84. The van der Waals surface area contributed by atoms with Gasteiger partial charge >= 0.3 is 0 Å². The number of hydrogen-bond donors (Lipinski definition) is 1. The zero-order valence-corrected chi connectivity index (χ0v) is 13.9. The molecule has 3 aromatic heterocycles. The van der Waals surface area contributed by atoms with Crippen molar-refractivity contribution < 1.29 is 24.0 Å². The van der Waals surface area contributed by atoms with Gasteiger partial charge in [-0.25, -0.2) is 4.98 Å². The van der Waals surface area contributed by atoms with Crippen LogP contribution in [0.15, 0.2) is 60.0 Å². The summed E-state index contributed by atoms with van der Waals surface area (Å²) in [6.07, 6.45) is 2.42. The Morgan fingerprint density at radius 2 is 2.23 bits per heavy atom. The first-order chi connectivity index (χ1) is 17.1. The number of aromatic nitrogens is 4. The number of methoxy groups -OCH3 is 1. The molecule has 0 saturated carbocycles. The summed E-state index contributed by atoms with van der Waals surface area (Å²) < 4.78 is 106. The lowest BCUT2D eigenvalue weighted by Gasteiger charge is -2.08. The molecule has 0 spiro atoms. The van der Waals surface area contributed by atoms with E-state index in [0.717, 1.165) is 0 Å². The van der Waals surface area contributed by atoms with E-state index < -0.39 is 59.7 Å². The largest absolute Gasteiger partial charge is 0.496 e. The molecular weight excluding hydrogens is 348 g/mol. The van der Waals surface area contributed by atoms with Crippen molar-refractivity contribution in [3.63, 3.8) is 0 Å². The Kier molecular flexibility index (Phi) is 2.13. The number of benzene rings is 1. The van der Waals surface area contributed by atoms with E-state index >= 15 is 0 Å². The standard InChI is InChI=1S/C19H18N4O2S/c1-13-17(20-8-7-18(13)25-2)12-26(24)19-21-15-6-5-14(11-16(15)22-19)23-9-3-4-10-23/h3-11H,12H2,1-2H3,(H,21,22)/i1D3,2D3,5D,6D,7D,8D,11D. The minimum Gasteiger partial charge on any atom is -0.496 e. The molecule has 7 heteroatoms. The van der Waals surface area contributed by atoms with E-state index in [4.69, 9.17) is 19.8 Å². The molecule has 1 aromatic carbocycles. The molecule has 0 fully saturated rings. The smallest absolute Gasteiger partial charge is 0.197 e. The second-order valence-corrected chi connectivity index (χ2v) is 6.54. The van der Waals surface area contributed by atoms with Crippen LogP contribution in [0.25, 0.3) is 16.7 Å². The number of pyridine rings is 1. The number of hydrogen-bond acceptors (Lipinski definition) is 4. The SMILES string of the molecule is [2H]c1nc(CS(=O)c2nc3c([2H])c([2H])c(-n4cccc4)c([2H])c3[nH]2)c(C([2H])([2H])[2H])c(OC([2H])([2H])[2H])c1[2H]. The molecule has 3 heterocycles. The molecule has 4 rings (SSSR count). The van der Waals surface area contributed by atoms with Crippen molar-refractivity contribution in [3.05, 3.63) is 66.1 Å². The summed E-state index contributed by atoms with van der Waals surface area (Å²) in [5, 5.41) is -0.251. The molecule has 0 aliphatic heterocycles. The zero-order valence-electron chi connectivity index (χ0n) is 24.1. The van der Waals surface area contributed by atoms with Crippen LogP contribution in [0.5, 0.6) is 5.75 Å². The van der Waals surface area contributed by atoms with Crippen LogP contribution in [0.3, 0.4) is 0 Å². The van der Waals surface area contributed by atoms with Crippen molar-refractivity contribution in [2.75, 3.05) is 7.04 Å². The van der Waals surface area contributed by atoms with Gasteiger partial charge in [0.15, 0.2) is 5.16 Å². The first-order valence-corrected chi connectivity index (χ1v) is 8.62. The third-order valence-corrected chi connectivity index (χ3v) is 4.71. The van der Waals surface area contributed by atoms with E-state index in [9.17, 15) is 4.21 Å². The molecular formula is C19H18N4O2S. The number of nitrogens with one attached hydrogen (secondary N) is 1. The maximum Gasteiger partial charge on any atom is 0.197 e. The fourth-order valence-corrected chi connectivity index (χ4v) is 3.29. The van der Waals surface area contributed by atoms with E-state index in [1.165, 1.54) is 4.57 Å². The Balaban J connectivity index is 1.82. The van der Waals surface area contributed by atoms with Crippen molar-refractivity contribution in [2.45, 2.75) is 17.8 Å². The highest BCUT2D eigenvalue weighted by Crippen LogP contribution is 2.22. The van der Waals surface area contributed by atoms with Crippen molar-refractivity contribution in [3.8, 4) is 11.4 Å². The summed E-state index contributed by atoms with van der Waals surface area (Å²) in [7, 11) is -5.31. The minimum atomic E-state index is -3.13. The van der Waals surface area contributed by atoms with Gasteiger partial charge in [-0.05, 0) is 43.2 Å². The molecule has 26 heavy (non-hydrogen) atoms. The van der Waals surface area contributed by atoms with Crippen molar-refractivity contribution >= 4 is 21.8 Å². The third-order valence-electron chi connectivity index (χ3n) is 3.55. The summed E-state index contributed by atoms with van der Waals surface area (Å²) in [4.78, 5) is 10.6. The molecule has 1 N–H and O–H groups in total. The number of nitrogens with zero attached hydrogens (tertiary/aromatic N) is 3. The van der Waals surface area contributed by atoms with E-state index in [-0.39, 0.29) is 40.0 Å². The fraction of sp³-hybridized carbons (Fsp3) is 0.158. The average molecular weight is 378 g/mol. The summed E-state index contributed by atoms with van der Waals surface area (Å²) in [5.74, 6) is -1.54. The molecule has 4 aromatic rings. The second kappa shape index (κ2) is 6.76. The van der Waals surface area contributed by atoms with Crippen molar-refractivity contribution in [1.82, 2.24) is 19.5 Å². The van der Waals surface area contributed by atoms with Crippen LogP contribution in [-0.4, -0.2) is 30.8 Å². The monoisotopic (exact) mass is 377 g/mol. The Hall–Kier alpha value is -2.93. The van der Waals surface area contributed by atoms with Gasteiger partial charge < -0.3 is 14.3 Å². The first-order valence-electron chi connectivity index (χ1n) is 12.8. The molecule has 132 valence electrons. The van der Waals surface area contributed by atoms with Gasteiger partial charge in [0.1, 0.15) is 5.75 Å². The summed E-state index contributed by atoms with van der Waals surface area (Å²) in [5.41, 5.74) is -1.17. The van der Waals surface area contributed by atoms with E-state index in [1.807, 2.05) is 0 Å². The van der Waals surface area contributed by atoms with Crippen LogP contribution in [0.4, 0.5) is 0 Å². The summed E-state index contributed by atoms with van der Waals surface area (Å²) in [6, 6.07) is 1.74. The lowest BCUT2D eigenvalue weighted by atomic mass is 10.2. The quantitative estimate of drug-likeness (QED) is 0.579. The number of aromatic amines is 1. The Morgan fingerprint density at radius 1 is 1.35 bits per heavy atom. The zero-order chi connectivity index (χ0) is 27.4. The number of ether oxygens (including phenoxy) is 1. The third kappa shape index (κ3) is 3.01. The maximum absolute atomic E-state index is 13.2. The molecule has 0 saturated heterocycles. The number of H-pyrrole nitrogens is 1. The number of rotatable bonds is 5. The lowest BCUT2D eigenvalue weighted by molar-refractivity contribution is 0.410. The van der Waals surface area contributed by atoms with Crippen LogP contribution in [0.2, 0.25) is 0 Å². The molecule has 0 aliphatic rings. The highest BCUT2D eigenvalue weighted by Gasteiger charge is 2.15. The maximum atomic E-state index is 13.2. The second-order valence-electron chi connectivity index (χ2n) is 5.17. The van der Waals surface area contributed by atoms with Crippen molar-refractivity contribution in [1.29, 1.82) is 0 Å². The van der Waals surface area contributed by atoms with Gasteiger partial charge in [-0.2, -0.15) is 0 Å². The Morgan fingerprint density at radius 3 is 3.04 bits per heavy atom. The molecule has 0 bridgehead atoms. The predicted molar refractivity (Wildman–Crippen MR) is 101 cm³/mol. The van der Waals surface area contributed by atoms with E-state index in [1.54, 1.807) is 24.5 Å². The van der Waals surface area contributed by atoms with Crippen LogP contribution in [0.1, 0.15) is 26.3 Å². The Labute approximate surface area is 168 Å². The molecule has 1 unspecified atom stereocenters. The van der Waals surface area contributed by atoms with Gasteiger partial charge in [0.2, 0.25) is 0 Å². The van der Waals surface area contributed by atoms with Crippen LogP contribution in [0, 0.1) is 6.85 Å².